The zero-order valence-corrected chi connectivity index (χ0v) is 15.9. The number of nitrogens with zero attached hydrogens (tertiary/aromatic N) is 1. The van der Waals surface area contributed by atoms with Gasteiger partial charge in [-0.25, -0.2) is 0 Å². The highest BCUT2D eigenvalue weighted by atomic mass is 32.1. The van der Waals surface area contributed by atoms with Gasteiger partial charge in [-0.15, -0.1) is 11.3 Å². The summed E-state index contributed by atoms with van der Waals surface area (Å²) in [7, 11) is 0. The number of anilines is 2. The molecular formula is C25H19NS. The maximum Gasteiger partial charge on any atom is 0.0794 e. The van der Waals surface area contributed by atoms with E-state index < -0.39 is 0 Å². The summed E-state index contributed by atoms with van der Waals surface area (Å²) in [6, 6.07) is 27.0. The van der Waals surface area contributed by atoms with Gasteiger partial charge in [0.1, 0.15) is 0 Å². The van der Waals surface area contributed by atoms with Gasteiger partial charge in [-0.1, -0.05) is 66.2 Å². The van der Waals surface area contributed by atoms with Crippen LogP contribution in [0.1, 0.15) is 33.5 Å². The molecule has 0 bridgehead atoms. The molecule has 2 aliphatic rings. The van der Waals surface area contributed by atoms with E-state index in [4.69, 9.17) is 0 Å². The highest BCUT2D eigenvalue weighted by molar-refractivity contribution is 7.19. The molecule has 0 fully saturated rings. The van der Waals surface area contributed by atoms with E-state index in [1.807, 2.05) is 11.3 Å². The Morgan fingerprint density at radius 1 is 0.852 bits per heavy atom. The maximum absolute atomic E-state index is 2.55. The topological polar surface area (TPSA) is 3.24 Å². The van der Waals surface area contributed by atoms with Crippen LogP contribution >= 0.6 is 11.3 Å². The summed E-state index contributed by atoms with van der Waals surface area (Å²) in [5.74, 6) is 0.406. The number of benzene rings is 3. The lowest BCUT2D eigenvalue weighted by Gasteiger charge is -2.31. The second kappa shape index (κ2) is 5.58. The van der Waals surface area contributed by atoms with E-state index in [0.29, 0.717) is 12.0 Å². The van der Waals surface area contributed by atoms with Crippen molar-refractivity contribution < 1.29 is 0 Å². The van der Waals surface area contributed by atoms with Crippen LogP contribution < -0.4 is 4.90 Å². The van der Waals surface area contributed by atoms with Crippen molar-refractivity contribution in [3.8, 4) is 0 Å². The molecule has 1 nitrogen and oxygen atoms in total. The number of hydrogen-bond donors (Lipinski definition) is 0. The van der Waals surface area contributed by atoms with Gasteiger partial charge >= 0.3 is 0 Å². The first kappa shape index (κ1) is 15.2. The SMILES string of the molecule is Cc1ccc(N2c3ccccc3C3C=Cc4c(sc5ccccc45)C32)cc1. The molecule has 2 heteroatoms. The summed E-state index contributed by atoms with van der Waals surface area (Å²) in [6.45, 7) is 2.15. The van der Waals surface area contributed by atoms with Crippen LogP contribution in [0, 0.1) is 6.92 Å². The number of thiophene rings is 1. The van der Waals surface area contributed by atoms with E-state index in [0.717, 1.165) is 0 Å². The highest BCUT2D eigenvalue weighted by Gasteiger charge is 2.42. The Kier molecular flexibility index (Phi) is 3.15. The molecular weight excluding hydrogens is 346 g/mol. The second-order valence-corrected chi connectivity index (χ2v) is 8.55. The first-order chi connectivity index (χ1) is 13.3. The van der Waals surface area contributed by atoms with E-state index in [2.05, 4.69) is 96.8 Å². The molecule has 3 aromatic carbocycles. The summed E-state index contributed by atoms with van der Waals surface area (Å²) in [5, 5.41) is 1.38. The normalized spacial score (nSPS) is 19.8. The number of aryl methyl sites for hydroxylation is 1. The Labute approximate surface area is 163 Å². The Morgan fingerprint density at radius 3 is 2.52 bits per heavy atom. The standard InChI is InChI=1S/C25H19NS/c1-16-10-12-17(13-11-16)26-22-8-4-2-6-18(22)20-14-15-21-19-7-3-5-9-23(19)27-25(21)24(20)26/h2-15,20,24H,1H3. The number of rotatable bonds is 1. The van der Waals surface area contributed by atoms with Gasteiger partial charge in [-0.2, -0.15) is 0 Å². The lowest BCUT2D eigenvalue weighted by Crippen LogP contribution is -2.22. The molecule has 2 heterocycles. The van der Waals surface area contributed by atoms with Gasteiger partial charge in [-0.05, 0) is 42.3 Å². The van der Waals surface area contributed by atoms with Crippen LogP contribution in [0.3, 0.4) is 0 Å². The molecule has 27 heavy (non-hydrogen) atoms. The third-order valence-corrected chi connectivity index (χ3v) is 7.14. The maximum atomic E-state index is 2.55. The average Bonchev–Trinajstić information content (AvgIpc) is 3.24. The molecule has 0 spiro atoms. The van der Waals surface area contributed by atoms with Crippen molar-refractivity contribution in [3.05, 3.63) is 100 Å². The van der Waals surface area contributed by atoms with Crippen molar-refractivity contribution >= 4 is 38.9 Å². The van der Waals surface area contributed by atoms with E-state index in [1.54, 1.807) is 0 Å². The fraction of sp³-hybridized carbons (Fsp3) is 0.120. The molecule has 1 aliphatic carbocycles. The molecule has 6 rings (SSSR count). The van der Waals surface area contributed by atoms with E-state index in [1.165, 1.54) is 43.0 Å². The minimum absolute atomic E-state index is 0.336. The molecule has 1 aliphatic heterocycles. The van der Waals surface area contributed by atoms with Gasteiger partial charge < -0.3 is 4.90 Å². The minimum atomic E-state index is 0.336. The molecule has 0 N–H and O–H groups in total. The van der Waals surface area contributed by atoms with Gasteiger partial charge in [0.25, 0.3) is 0 Å². The van der Waals surface area contributed by atoms with Gasteiger partial charge in [0.15, 0.2) is 0 Å². The van der Waals surface area contributed by atoms with E-state index in [9.17, 15) is 0 Å². The van der Waals surface area contributed by atoms with Crippen molar-refractivity contribution in [1.82, 2.24) is 0 Å². The van der Waals surface area contributed by atoms with Crippen LogP contribution in [0.5, 0.6) is 0 Å². The first-order valence-electron chi connectivity index (χ1n) is 9.46. The molecule has 0 saturated carbocycles. The van der Waals surface area contributed by atoms with Crippen LogP contribution in [-0.4, -0.2) is 0 Å². The first-order valence-corrected chi connectivity index (χ1v) is 10.3. The summed E-state index contributed by atoms with van der Waals surface area (Å²) >= 11 is 1.96. The van der Waals surface area contributed by atoms with Crippen LogP contribution in [-0.2, 0) is 0 Å². The molecule has 130 valence electrons. The van der Waals surface area contributed by atoms with Crippen LogP contribution in [0.15, 0.2) is 78.9 Å². The zero-order valence-electron chi connectivity index (χ0n) is 15.1. The van der Waals surface area contributed by atoms with Crippen molar-refractivity contribution in [3.63, 3.8) is 0 Å². The smallest absolute Gasteiger partial charge is 0.0794 e. The highest BCUT2D eigenvalue weighted by Crippen LogP contribution is 2.58. The summed E-state index contributed by atoms with van der Waals surface area (Å²) in [6.07, 6.45) is 4.77. The zero-order chi connectivity index (χ0) is 18.0. The van der Waals surface area contributed by atoms with E-state index >= 15 is 0 Å². The molecule has 0 saturated heterocycles. The molecule has 0 amide bonds. The van der Waals surface area contributed by atoms with Crippen molar-refractivity contribution in [2.75, 3.05) is 4.90 Å². The molecule has 2 unspecified atom stereocenters. The Morgan fingerprint density at radius 2 is 1.63 bits per heavy atom. The van der Waals surface area contributed by atoms with Crippen LogP contribution in [0.4, 0.5) is 11.4 Å². The third kappa shape index (κ3) is 2.11. The summed E-state index contributed by atoms with van der Waals surface area (Å²) in [5.41, 5.74) is 6.75. The average molecular weight is 366 g/mol. The Hall–Kier alpha value is -2.84. The number of fused-ring (bicyclic) bond motifs is 7. The van der Waals surface area contributed by atoms with Crippen LogP contribution in [0.2, 0.25) is 0 Å². The van der Waals surface area contributed by atoms with Crippen molar-refractivity contribution in [2.24, 2.45) is 0 Å². The van der Waals surface area contributed by atoms with Gasteiger partial charge in [0, 0.05) is 32.3 Å². The van der Waals surface area contributed by atoms with E-state index in [-0.39, 0.29) is 0 Å². The number of para-hydroxylation sites is 1. The summed E-state index contributed by atoms with van der Waals surface area (Å²) in [4.78, 5) is 4.04. The quantitative estimate of drug-likeness (QED) is 0.344. The van der Waals surface area contributed by atoms with Crippen LogP contribution in [0.25, 0.3) is 16.2 Å². The third-order valence-electron chi connectivity index (χ3n) is 5.89. The van der Waals surface area contributed by atoms with Gasteiger partial charge in [0.2, 0.25) is 0 Å². The molecule has 2 atom stereocenters. The number of hydrogen-bond acceptors (Lipinski definition) is 2. The van der Waals surface area contributed by atoms with Gasteiger partial charge in [0.05, 0.1) is 6.04 Å². The monoisotopic (exact) mass is 365 g/mol. The fourth-order valence-corrected chi connectivity index (χ4v) is 5.97. The van der Waals surface area contributed by atoms with Gasteiger partial charge in [-0.3, -0.25) is 0 Å². The summed E-state index contributed by atoms with van der Waals surface area (Å²) < 4.78 is 1.38. The largest absolute Gasteiger partial charge is 0.332 e. The molecule has 0 radical (unpaired) electrons. The Bertz CT molecular complexity index is 1200. The van der Waals surface area contributed by atoms with Crippen molar-refractivity contribution in [2.45, 2.75) is 18.9 Å². The second-order valence-electron chi connectivity index (χ2n) is 7.47. The lowest BCUT2D eigenvalue weighted by atomic mass is 9.87. The minimum Gasteiger partial charge on any atom is -0.332 e. The molecule has 4 aromatic rings. The lowest BCUT2D eigenvalue weighted by molar-refractivity contribution is 0.681. The predicted octanol–water partition coefficient (Wildman–Crippen LogP) is 7.21. The van der Waals surface area contributed by atoms with Crippen molar-refractivity contribution in [1.29, 1.82) is 0 Å². The Balaban J connectivity index is 1.62. The fourth-order valence-electron chi connectivity index (χ4n) is 4.64. The molecule has 1 aromatic heterocycles. The predicted molar refractivity (Wildman–Crippen MR) is 116 cm³/mol.